The first kappa shape index (κ1) is 14.7. The quantitative estimate of drug-likeness (QED) is 0.560. The minimum absolute atomic E-state index is 0.0969. The SMILES string of the molecule is Cc1c(C)c(C)c(C(=O)/C=C/c2cccs2)c(C)c1C. The van der Waals surface area contributed by atoms with Crippen LogP contribution >= 0.6 is 11.3 Å². The van der Waals surface area contributed by atoms with Crippen molar-refractivity contribution in [3.8, 4) is 0 Å². The van der Waals surface area contributed by atoms with Crippen molar-refractivity contribution in [1.82, 2.24) is 0 Å². The summed E-state index contributed by atoms with van der Waals surface area (Å²) in [6, 6.07) is 4.01. The molecule has 2 rings (SSSR count). The number of ketones is 1. The number of allylic oxidation sites excluding steroid dienone is 1. The van der Waals surface area contributed by atoms with Gasteiger partial charge >= 0.3 is 0 Å². The van der Waals surface area contributed by atoms with Crippen LogP contribution in [0.25, 0.3) is 6.08 Å². The van der Waals surface area contributed by atoms with Gasteiger partial charge in [-0.15, -0.1) is 11.3 Å². The van der Waals surface area contributed by atoms with Crippen LogP contribution in [0.2, 0.25) is 0 Å². The molecule has 0 amide bonds. The maximum atomic E-state index is 12.5. The Labute approximate surface area is 125 Å². The van der Waals surface area contributed by atoms with E-state index in [0.29, 0.717) is 0 Å². The van der Waals surface area contributed by atoms with Gasteiger partial charge in [0.05, 0.1) is 0 Å². The number of carbonyl (C=O) groups is 1. The minimum Gasteiger partial charge on any atom is -0.289 e. The molecule has 0 spiro atoms. The number of thiophene rings is 1. The van der Waals surface area contributed by atoms with Crippen LogP contribution in [0.1, 0.15) is 43.1 Å². The van der Waals surface area contributed by atoms with E-state index < -0.39 is 0 Å². The van der Waals surface area contributed by atoms with Gasteiger partial charge < -0.3 is 0 Å². The summed E-state index contributed by atoms with van der Waals surface area (Å²) in [4.78, 5) is 13.6. The topological polar surface area (TPSA) is 17.1 Å². The third-order valence-electron chi connectivity index (χ3n) is 4.19. The van der Waals surface area contributed by atoms with Crippen LogP contribution < -0.4 is 0 Å². The molecule has 0 saturated carbocycles. The zero-order valence-electron chi connectivity index (χ0n) is 12.7. The molecule has 0 atom stereocenters. The number of rotatable bonds is 3. The van der Waals surface area contributed by atoms with Crippen LogP contribution in [0.4, 0.5) is 0 Å². The Kier molecular flexibility index (Phi) is 4.24. The summed E-state index contributed by atoms with van der Waals surface area (Å²) in [5.74, 6) is 0.0969. The average Bonchev–Trinajstić information content (AvgIpc) is 2.94. The molecular formula is C18H20OS. The zero-order valence-corrected chi connectivity index (χ0v) is 13.5. The second-order valence-corrected chi connectivity index (χ2v) is 6.19. The molecule has 1 aromatic carbocycles. The van der Waals surface area contributed by atoms with Crippen LogP contribution in [-0.4, -0.2) is 5.78 Å². The van der Waals surface area contributed by atoms with Gasteiger partial charge in [-0.25, -0.2) is 0 Å². The summed E-state index contributed by atoms with van der Waals surface area (Å²) in [6.45, 7) is 10.4. The molecule has 0 unspecified atom stereocenters. The van der Waals surface area contributed by atoms with Crippen molar-refractivity contribution in [3.63, 3.8) is 0 Å². The fraction of sp³-hybridized carbons (Fsp3) is 0.278. The first-order valence-electron chi connectivity index (χ1n) is 6.76. The van der Waals surface area contributed by atoms with Gasteiger partial charge in [-0.3, -0.25) is 4.79 Å². The number of carbonyl (C=O) groups excluding carboxylic acids is 1. The maximum absolute atomic E-state index is 12.5. The summed E-state index contributed by atoms with van der Waals surface area (Å²) in [5.41, 5.74) is 6.80. The van der Waals surface area contributed by atoms with Crippen molar-refractivity contribution in [3.05, 3.63) is 61.8 Å². The molecule has 2 aromatic rings. The van der Waals surface area contributed by atoms with Gasteiger partial charge in [0, 0.05) is 10.4 Å². The van der Waals surface area contributed by atoms with E-state index in [1.807, 2.05) is 37.4 Å². The van der Waals surface area contributed by atoms with E-state index in [1.165, 1.54) is 16.7 Å². The molecule has 1 nitrogen and oxygen atoms in total. The van der Waals surface area contributed by atoms with Gasteiger partial charge in [-0.05, 0) is 86.0 Å². The zero-order chi connectivity index (χ0) is 14.9. The van der Waals surface area contributed by atoms with E-state index in [1.54, 1.807) is 17.4 Å². The van der Waals surface area contributed by atoms with Crippen molar-refractivity contribution in [1.29, 1.82) is 0 Å². The van der Waals surface area contributed by atoms with E-state index in [4.69, 9.17) is 0 Å². The lowest BCUT2D eigenvalue weighted by atomic mass is 9.87. The Bertz CT molecular complexity index is 647. The summed E-state index contributed by atoms with van der Waals surface area (Å²) in [5, 5.41) is 2.01. The third kappa shape index (κ3) is 2.61. The predicted octanol–water partition coefficient (Wildman–Crippen LogP) is 5.19. The highest BCUT2D eigenvalue weighted by Gasteiger charge is 2.16. The second-order valence-electron chi connectivity index (χ2n) is 5.21. The summed E-state index contributed by atoms with van der Waals surface area (Å²) in [7, 11) is 0. The van der Waals surface area contributed by atoms with E-state index in [0.717, 1.165) is 21.6 Å². The van der Waals surface area contributed by atoms with Crippen LogP contribution in [0.3, 0.4) is 0 Å². The van der Waals surface area contributed by atoms with Gasteiger partial charge in [0.2, 0.25) is 0 Å². The molecule has 0 bridgehead atoms. The van der Waals surface area contributed by atoms with E-state index in [9.17, 15) is 4.79 Å². The molecule has 0 N–H and O–H groups in total. The lowest BCUT2D eigenvalue weighted by Crippen LogP contribution is -2.07. The first-order chi connectivity index (χ1) is 9.43. The Hall–Kier alpha value is -1.67. The van der Waals surface area contributed by atoms with Gasteiger partial charge in [-0.2, -0.15) is 0 Å². The minimum atomic E-state index is 0.0969. The smallest absolute Gasteiger partial charge is 0.186 e. The highest BCUT2D eigenvalue weighted by molar-refractivity contribution is 7.10. The molecule has 104 valence electrons. The van der Waals surface area contributed by atoms with Crippen LogP contribution in [0, 0.1) is 34.6 Å². The lowest BCUT2D eigenvalue weighted by Gasteiger charge is -2.16. The first-order valence-corrected chi connectivity index (χ1v) is 7.64. The summed E-state index contributed by atoms with van der Waals surface area (Å²) in [6.07, 6.45) is 3.59. The highest BCUT2D eigenvalue weighted by Crippen LogP contribution is 2.26. The van der Waals surface area contributed by atoms with Crippen LogP contribution in [0.15, 0.2) is 23.6 Å². The standard InChI is InChI=1S/C18H20OS/c1-11-12(2)14(4)18(15(5)13(11)3)17(19)9-8-16-7-6-10-20-16/h6-10H,1-5H3/b9-8+. The summed E-state index contributed by atoms with van der Waals surface area (Å²) >= 11 is 1.64. The van der Waals surface area contributed by atoms with E-state index >= 15 is 0 Å². The Morgan fingerprint density at radius 2 is 1.50 bits per heavy atom. The lowest BCUT2D eigenvalue weighted by molar-refractivity contribution is 0.104. The van der Waals surface area contributed by atoms with Gasteiger partial charge in [0.1, 0.15) is 0 Å². The van der Waals surface area contributed by atoms with Crippen LogP contribution in [0.5, 0.6) is 0 Å². The highest BCUT2D eigenvalue weighted by atomic mass is 32.1. The van der Waals surface area contributed by atoms with Gasteiger partial charge in [0.25, 0.3) is 0 Å². The Morgan fingerprint density at radius 3 is 2.00 bits per heavy atom. The van der Waals surface area contributed by atoms with Crippen molar-refractivity contribution >= 4 is 23.2 Å². The number of hydrogen-bond donors (Lipinski definition) is 0. The van der Waals surface area contributed by atoms with Crippen molar-refractivity contribution in [2.45, 2.75) is 34.6 Å². The Morgan fingerprint density at radius 1 is 0.950 bits per heavy atom. The molecule has 20 heavy (non-hydrogen) atoms. The van der Waals surface area contributed by atoms with Gasteiger partial charge in [0.15, 0.2) is 5.78 Å². The van der Waals surface area contributed by atoms with Crippen molar-refractivity contribution in [2.75, 3.05) is 0 Å². The Balaban J connectivity index is 2.45. The molecule has 0 saturated heterocycles. The third-order valence-corrected chi connectivity index (χ3v) is 5.03. The maximum Gasteiger partial charge on any atom is 0.186 e. The monoisotopic (exact) mass is 284 g/mol. The molecule has 2 heteroatoms. The largest absolute Gasteiger partial charge is 0.289 e. The number of benzene rings is 1. The molecule has 1 heterocycles. The molecule has 0 aliphatic carbocycles. The molecule has 0 aliphatic heterocycles. The molecule has 0 aliphatic rings. The molecular weight excluding hydrogens is 264 g/mol. The fourth-order valence-electron chi connectivity index (χ4n) is 2.50. The van der Waals surface area contributed by atoms with Crippen molar-refractivity contribution < 1.29 is 4.79 Å². The normalized spacial score (nSPS) is 11.2. The fourth-order valence-corrected chi connectivity index (χ4v) is 3.11. The number of hydrogen-bond acceptors (Lipinski definition) is 2. The molecule has 0 fully saturated rings. The average molecular weight is 284 g/mol. The predicted molar refractivity (Wildman–Crippen MR) is 87.8 cm³/mol. The molecule has 1 aromatic heterocycles. The molecule has 0 radical (unpaired) electrons. The van der Waals surface area contributed by atoms with E-state index in [2.05, 4.69) is 20.8 Å². The van der Waals surface area contributed by atoms with Crippen LogP contribution in [-0.2, 0) is 0 Å². The second kappa shape index (κ2) is 5.76. The van der Waals surface area contributed by atoms with E-state index in [-0.39, 0.29) is 5.78 Å². The van der Waals surface area contributed by atoms with Gasteiger partial charge in [-0.1, -0.05) is 6.07 Å². The van der Waals surface area contributed by atoms with Crippen molar-refractivity contribution in [2.24, 2.45) is 0 Å². The summed E-state index contributed by atoms with van der Waals surface area (Å²) < 4.78 is 0.